The maximum absolute atomic E-state index is 9.91. The van der Waals surface area contributed by atoms with E-state index in [1.54, 1.807) is 18.2 Å². The van der Waals surface area contributed by atoms with Gasteiger partial charge in [-0.05, 0) is 5.57 Å². The Morgan fingerprint density at radius 1 is 1.31 bits per heavy atom. The van der Waals surface area contributed by atoms with Crippen molar-refractivity contribution in [3.63, 3.8) is 0 Å². The summed E-state index contributed by atoms with van der Waals surface area (Å²) in [5.74, 6) is -0.551. The van der Waals surface area contributed by atoms with Crippen molar-refractivity contribution >= 4 is 0 Å². The van der Waals surface area contributed by atoms with E-state index in [2.05, 4.69) is 0 Å². The van der Waals surface area contributed by atoms with Gasteiger partial charge in [0.25, 0.3) is 0 Å². The number of aliphatic hydroxyl groups excluding tert-OH is 3. The van der Waals surface area contributed by atoms with Gasteiger partial charge in [-0.25, -0.2) is 0 Å². The molecule has 0 radical (unpaired) electrons. The van der Waals surface area contributed by atoms with Crippen LogP contribution in [-0.2, 0) is 0 Å². The van der Waals surface area contributed by atoms with E-state index in [9.17, 15) is 5.11 Å². The van der Waals surface area contributed by atoms with Crippen molar-refractivity contribution in [3.05, 3.63) is 23.8 Å². The van der Waals surface area contributed by atoms with Crippen LogP contribution in [-0.4, -0.2) is 45.8 Å². The van der Waals surface area contributed by atoms with E-state index in [0.29, 0.717) is 5.57 Å². The first-order valence-electron chi connectivity index (χ1n) is 4.11. The number of allylic oxidation sites excluding steroid dienone is 2. The Morgan fingerprint density at radius 2 is 2.00 bits per heavy atom. The number of hydrogen-bond acceptors (Lipinski definition) is 4. The summed E-state index contributed by atoms with van der Waals surface area (Å²) in [5, 5.41) is 36.8. The zero-order valence-electron chi connectivity index (χ0n) is 7.22. The van der Waals surface area contributed by atoms with Gasteiger partial charge in [0, 0.05) is 5.92 Å². The largest absolute Gasteiger partial charge is 0.396 e. The molecule has 4 heteroatoms. The summed E-state index contributed by atoms with van der Waals surface area (Å²) in [7, 11) is 0. The van der Waals surface area contributed by atoms with Gasteiger partial charge >= 0.3 is 0 Å². The van der Waals surface area contributed by atoms with Crippen molar-refractivity contribution in [3.8, 4) is 0 Å². The second kappa shape index (κ2) is 4.02. The molecule has 0 aliphatic heterocycles. The van der Waals surface area contributed by atoms with Crippen LogP contribution in [0.1, 0.15) is 0 Å². The van der Waals surface area contributed by atoms with E-state index >= 15 is 0 Å². The van der Waals surface area contributed by atoms with Crippen molar-refractivity contribution in [2.24, 2.45) is 5.92 Å². The molecular formula is C9H14O4. The van der Waals surface area contributed by atoms with E-state index in [1.807, 2.05) is 0 Å². The van der Waals surface area contributed by atoms with Gasteiger partial charge in [-0.15, -0.1) is 0 Å². The van der Waals surface area contributed by atoms with Crippen molar-refractivity contribution in [2.45, 2.75) is 5.60 Å². The number of aliphatic hydroxyl groups is 4. The molecule has 0 amide bonds. The summed E-state index contributed by atoms with van der Waals surface area (Å²) >= 11 is 0. The molecule has 1 aliphatic carbocycles. The first-order chi connectivity index (χ1) is 6.19. The van der Waals surface area contributed by atoms with Gasteiger partial charge < -0.3 is 20.4 Å². The third-order valence-corrected chi connectivity index (χ3v) is 2.42. The molecule has 1 rings (SSSR count). The standard InChI is InChI=1S/C9H14O4/c10-4-7-2-1-3-8(5-11)9(7,13)6-12/h1-3,7,10-13H,4-6H2. The van der Waals surface area contributed by atoms with Crippen molar-refractivity contribution in [1.82, 2.24) is 0 Å². The summed E-state index contributed by atoms with van der Waals surface area (Å²) in [6, 6.07) is 0. The van der Waals surface area contributed by atoms with E-state index in [0.717, 1.165) is 0 Å². The van der Waals surface area contributed by atoms with E-state index in [-0.39, 0.29) is 13.2 Å². The Bertz CT molecular complexity index is 234. The quantitative estimate of drug-likeness (QED) is 0.446. The van der Waals surface area contributed by atoms with Crippen LogP contribution in [0.4, 0.5) is 0 Å². The van der Waals surface area contributed by atoms with Crippen molar-refractivity contribution in [2.75, 3.05) is 19.8 Å². The van der Waals surface area contributed by atoms with Crippen LogP contribution >= 0.6 is 0 Å². The zero-order valence-corrected chi connectivity index (χ0v) is 7.22. The van der Waals surface area contributed by atoms with Crippen LogP contribution in [0.25, 0.3) is 0 Å². The van der Waals surface area contributed by atoms with E-state index in [1.165, 1.54) is 0 Å². The molecule has 0 aromatic carbocycles. The maximum atomic E-state index is 9.91. The summed E-state index contributed by atoms with van der Waals surface area (Å²) in [6.45, 7) is -1.09. The molecule has 0 spiro atoms. The highest BCUT2D eigenvalue weighted by molar-refractivity contribution is 5.31. The lowest BCUT2D eigenvalue weighted by atomic mass is 9.79. The molecule has 74 valence electrons. The molecule has 0 saturated carbocycles. The molecule has 0 bridgehead atoms. The lowest BCUT2D eigenvalue weighted by molar-refractivity contribution is -0.0391. The number of hydrogen-bond donors (Lipinski definition) is 4. The second-order valence-corrected chi connectivity index (χ2v) is 3.11. The third-order valence-electron chi connectivity index (χ3n) is 2.42. The molecule has 0 saturated heterocycles. The Hall–Kier alpha value is -0.680. The fourth-order valence-corrected chi connectivity index (χ4v) is 1.47. The minimum atomic E-state index is -1.52. The SMILES string of the molecule is OCC1=CC=CC(CO)C1(O)CO. The summed E-state index contributed by atoms with van der Waals surface area (Å²) in [6.07, 6.45) is 4.80. The molecular weight excluding hydrogens is 172 g/mol. The fraction of sp³-hybridized carbons (Fsp3) is 0.556. The van der Waals surface area contributed by atoms with Crippen LogP contribution in [0.5, 0.6) is 0 Å². The molecule has 4 nitrogen and oxygen atoms in total. The normalized spacial score (nSPS) is 33.2. The molecule has 2 unspecified atom stereocenters. The van der Waals surface area contributed by atoms with E-state index < -0.39 is 18.1 Å². The van der Waals surface area contributed by atoms with Gasteiger partial charge in [-0.1, -0.05) is 18.2 Å². The topological polar surface area (TPSA) is 80.9 Å². The highest BCUT2D eigenvalue weighted by atomic mass is 16.3. The molecule has 1 aliphatic rings. The van der Waals surface area contributed by atoms with Crippen LogP contribution in [0.2, 0.25) is 0 Å². The van der Waals surface area contributed by atoms with E-state index in [4.69, 9.17) is 15.3 Å². The molecule has 0 heterocycles. The van der Waals surface area contributed by atoms with Crippen LogP contribution in [0.15, 0.2) is 23.8 Å². The van der Waals surface area contributed by atoms with Gasteiger partial charge in [0.1, 0.15) is 5.60 Å². The van der Waals surface area contributed by atoms with Gasteiger partial charge in [0.15, 0.2) is 0 Å². The van der Waals surface area contributed by atoms with Gasteiger partial charge in [0.05, 0.1) is 19.8 Å². The molecule has 0 fully saturated rings. The molecule has 13 heavy (non-hydrogen) atoms. The van der Waals surface area contributed by atoms with Crippen LogP contribution in [0, 0.1) is 5.92 Å². The number of rotatable bonds is 3. The monoisotopic (exact) mass is 186 g/mol. The minimum Gasteiger partial charge on any atom is -0.396 e. The highest BCUT2D eigenvalue weighted by Crippen LogP contribution is 2.29. The van der Waals surface area contributed by atoms with Crippen molar-refractivity contribution in [1.29, 1.82) is 0 Å². The first-order valence-corrected chi connectivity index (χ1v) is 4.11. The fourth-order valence-electron chi connectivity index (χ4n) is 1.47. The maximum Gasteiger partial charge on any atom is 0.120 e. The Kier molecular flexibility index (Phi) is 3.22. The Balaban J connectivity index is 2.96. The predicted octanol–water partition coefficient (Wildman–Crippen LogP) is -1.19. The summed E-state index contributed by atoms with van der Waals surface area (Å²) in [5.41, 5.74) is -1.19. The highest BCUT2D eigenvalue weighted by Gasteiger charge is 2.38. The van der Waals surface area contributed by atoms with Crippen LogP contribution < -0.4 is 0 Å². The molecule has 4 N–H and O–H groups in total. The summed E-state index contributed by atoms with van der Waals surface area (Å²) in [4.78, 5) is 0. The lowest BCUT2D eigenvalue weighted by Crippen LogP contribution is -2.46. The van der Waals surface area contributed by atoms with Crippen LogP contribution in [0.3, 0.4) is 0 Å². The van der Waals surface area contributed by atoms with Gasteiger partial charge in [-0.3, -0.25) is 0 Å². The Morgan fingerprint density at radius 3 is 2.46 bits per heavy atom. The summed E-state index contributed by atoms with van der Waals surface area (Å²) < 4.78 is 0. The van der Waals surface area contributed by atoms with Gasteiger partial charge in [0.2, 0.25) is 0 Å². The molecule has 2 atom stereocenters. The van der Waals surface area contributed by atoms with Crippen molar-refractivity contribution < 1.29 is 20.4 Å². The Labute approximate surface area is 76.5 Å². The van der Waals surface area contributed by atoms with Gasteiger partial charge in [-0.2, -0.15) is 0 Å². The predicted molar refractivity (Wildman–Crippen MR) is 46.9 cm³/mol. The average molecular weight is 186 g/mol. The second-order valence-electron chi connectivity index (χ2n) is 3.11. The molecule has 0 aromatic heterocycles. The average Bonchev–Trinajstić information content (AvgIpc) is 2.18. The first kappa shape index (κ1) is 10.4. The zero-order chi connectivity index (χ0) is 9.90. The minimum absolute atomic E-state index is 0.259. The smallest absolute Gasteiger partial charge is 0.120 e. The molecule has 0 aromatic rings. The lowest BCUT2D eigenvalue weighted by Gasteiger charge is -2.35. The third kappa shape index (κ3) is 1.66.